The standard InChI is InChI=1S/C21H30FN5O2/c1-5-23-20(27-14-19-26-13-17(29-19)21(2,3)4)25-11-10-24-18(28)12-15-6-8-16(22)9-7-15/h6-9,13H,5,10-12,14H2,1-4H3,(H,24,28)(H2,23,25,27). The maximum absolute atomic E-state index is 12.9. The lowest BCUT2D eigenvalue weighted by Gasteiger charge is -2.13. The summed E-state index contributed by atoms with van der Waals surface area (Å²) in [7, 11) is 0. The fourth-order valence-corrected chi connectivity index (χ4v) is 2.45. The number of halogens is 1. The smallest absolute Gasteiger partial charge is 0.224 e. The van der Waals surface area contributed by atoms with Crippen molar-refractivity contribution >= 4 is 11.9 Å². The number of carbonyl (C=O) groups is 1. The number of nitrogens with one attached hydrogen (secondary N) is 3. The van der Waals surface area contributed by atoms with E-state index in [2.05, 4.69) is 46.7 Å². The highest BCUT2D eigenvalue weighted by atomic mass is 19.1. The van der Waals surface area contributed by atoms with Gasteiger partial charge in [0.2, 0.25) is 11.8 Å². The van der Waals surface area contributed by atoms with Gasteiger partial charge in [0, 0.05) is 25.0 Å². The number of oxazole rings is 1. The summed E-state index contributed by atoms with van der Waals surface area (Å²) < 4.78 is 18.6. The fourth-order valence-electron chi connectivity index (χ4n) is 2.45. The highest BCUT2D eigenvalue weighted by Crippen LogP contribution is 2.22. The SMILES string of the molecule is CCNC(=NCc1ncc(C(C)(C)C)o1)NCCNC(=O)Cc1ccc(F)cc1. The van der Waals surface area contributed by atoms with Crippen LogP contribution in [-0.2, 0) is 23.2 Å². The van der Waals surface area contributed by atoms with Crippen LogP contribution in [0.2, 0.25) is 0 Å². The van der Waals surface area contributed by atoms with E-state index >= 15 is 0 Å². The molecule has 2 rings (SSSR count). The Kier molecular flexibility index (Phi) is 8.18. The van der Waals surface area contributed by atoms with E-state index in [0.29, 0.717) is 38.0 Å². The second-order valence-corrected chi connectivity index (χ2v) is 7.64. The Hall–Kier alpha value is -2.90. The zero-order valence-corrected chi connectivity index (χ0v) is 17.5. The van der Waals surface area contributed by atoms with Crippen LogP contribution < -0.4 is 16.0 Å². The van der Waals surface area contributed by atoms with Gasteiger partial charge >= 0.3 is 0 Å². The number of amides is 1. The minimum absolute atomic E-state index is 0.0934. The Bertz CT molecular complexity index is 809. The van der Waals surface area contributed by atoms with Crippen LogP contribution in [0.4, 0.5) is 4.39 Å². The van der Waals surface area contributed by atoms with Crippen LogP contribution in [0.1, 0.15) is 44.9 Å². The lowest BCUT2D eigenvalue weighted by Crippen LogP contribution is -2.41. The topological polar surface area (TPSA) is 91.6 Å². The molecule has 0 atom stereocenters. The van der Waals surface area contributed by atoms with Gasteiger partial charge in [-0.25, -0.2) is 14.4 Å². The monoisotopic (exact) mass is 403 g/mol. The first kappa shape index (κ1) is 22.4. The van der Waals surface area contributed by atoms with Crippen molar-refractivity contribution in [3.05, 3.63) is 53.5 Å². The van der Waals surface area contributed by atoms with Gasteiger partial charge in [-0.1, -0.05) is 32.9 Å². The molecule has 0 aliphatic heterocycles. The maximum Gasteiger partial charge on any atom is 0.224 e. The normalized spacial score (nSPS) is 12.0. The van der Waals surface area contributed by atoms with E-state index in [4.69, 9.17) is 4.42 Å². The summed E-state index contributed by atoms with van der Waals surface area (Å²) in [6.07, 6.45) is 1.95. The van der Waals surface area contributed by atoms with E-state index < -0.39 is 0 Å². The number of rotatable bonds is 8. The molecule has 0 aliphatic rings. The van der Waals surface area contributed by atoms with E-state index in [-0.39, 0.29) is 23.6 Å². The lowest BCUT2D eigenvalue weighted by atomic mass is 9.94. The van der Waals surface area contributed by atoms with E-state index in [0.717, 1.165) is 11.3 Å². The molecular weight excluding hydrogens is 373 g/mol. The quantitative estimate of drug-likeness (QED) is 0.358. The molecular formula is C21H30FN5O2. The van der Waals surface area contributed by atoms with Crippen molar-refractivity contribution in [1.82, 2.24) is 20.9 Å². The lowest BCUT2D eigenvalue weighted by molar-refractivity contribution is -0.120. The van der Waals surface area contributed by atoms with Crippen LogP contribution in [0.25, 0.3) is 0 Å². The number of guanidine groups is 1. The number of benzene rings is 1. The third-order valence-corrected chi connectivity index (χ3v) is 4.03. The predicted molar refractivity (Wildman–Crippen MR) is 111 cm³/mol. The summed E-state index contributed by atoms with van der Waals surface area (Å²) in [5.41, 5.74) is 0.677. The Balaban J connectivity index is 1.76. The molecule has 0 radical (unpaired) electrons. The number of aromatic nitrogens is 1. The van der Waals surface area contributed by atoms with Crippen molar-refractivity contribution in [3.8, 4) is 0 Å². The molecule has 1 heterocycles. The van der Waals surface area contributed by atoms with E-state index in [1.165, 1.54) is 12.1 Å². The summed E-state index contributed by atoms with van der Waals surface area (Å²) in [6.45, 7) is 10.2. The molecule has 158 valence electrons. The molecule has 0 saturated carbocycles. The fraction of sp³-hybridized carbons (Fsp3) is 0.476. The van der Waals surface area contributed by atoms with Crippen molar-refractivity contribution < 1.29 is 13.6 Å². The van der Waals surface area contributed by atoms with Crippen molar-refractivity contribution in [2.75, 3.05) is 19.6 Å². The summed E-state index contributed by atoms with van der Waals surface area (Å²) in [5.74, 6) is 1.57. The number of hydrogen-bond donors (Lipinski definition) is 3. The van der Waals surface area contributed by atoms with Gasteiger partial charge in [0.1, 0.15) is 18.1 Å². The van der Waals surface area contributed by atoms with E-state index in [9.17, 15) is 9.18 Å². The molecule has 0 spiro atoms. The van der Waals surface area contributed by atoms with Crippen LogP contribution in [0, 0.1) is 5.82 Å². The van der Waals surface area contributed by atoms with Crippen molar-refractivity contribution in [2.24, 2.45) is 4.99 Å². The molecule has 1 amide bonds. The van der Waals surface area contributed by atoms with Gasteiger partial charge in [-0.15, -0.1) is 0 Å². The molecule has 2 aromatic rings. The third kappa shape index (κ3) is 7.93. The van der Waals surface area contributed by atoms with Crippen molar-refractivity contribution in [1.29, 1.82) is 0 Å². The van der Waals surface area contributed by atoms with E-state index in [1.54, 1.807) is 18.3 Å². The molecule has 7 nitrogen and oxygen atoms in total. The zero-order valence-electron chi connectivity index (χ0n) is 17.5. The summed E-state index contributed by atoms with van der Waals surface area (Å²) >= 11 is 0. The maximum atomic E-state index is 12.9. The Morgan fingerprint density at radius 1 is 1.14 bits per heavy atom. The second-order valence-electron chi connectivity index (χ2n) is 7.64. The molecule has 0 unspecified atom stereocenters. The Morgan fingerprint density at radius 2 is 1.83 bits per heavy atom. The average Bonchev–Trinajstić information content (AvgIpc) is 3.14. The third-order valence-electron chi connectivity index (χ3n) is 4.03. The second kappa shape index (κ2) is 10.6. The molecule has 3 N–H and O–H groups in total. The first-order valence-electron chi connectivity index (χ1n) is 9.76. The molecule has 0 fully saturated rings. The molecule has 0 bridgehead atoms. The van der Waals surface area contributed by atoms with Gasteiger partial charge in [-0.05, 0) is 24.6 Å². The van der Waals surface area contributed by atoms with Crippen molar-refractivity contribution in [3.63, 3.8) is 0 Å². The van der Waals surface area contributed by atoms with Crippen molar-refractivity contribution in [2.45, 2.75) is 46.1 Å². The molecule has 1 aromatic carbocycles. The Morgan fingerprint density at radius 3 is 2.45 bits per heavy atom. The summed E-state index contributed by atoms with van der Waals surface area (Å²) in [6, 6.07) is 5.91. The van der Waals surface area contributed by atoms with Crippen LogP contribution in [-0.4, -0.2) is 36.5 Å². The van der Waals surface area contributed by atoms with E-state index in [1.807, 2.05) is 6.92 Å². The summed E-state index contributed by atoms with van der Waals surface area (Å²) in [5, 5.41) is 9.13. The van der Waals surface area contributed by atoms with Crippen LogP contribution in [0.15, 0.2) is 39.9 Å². The molecule has 8 heteroatoms. The molecule has 1 aromatic heterocycles. The highest BCUT2D eigenvalue weighted by Gasteiger charge is 2.19. The van der Waals surface area contributed by atoms with Gasteiger partial charge in [-0.2, -0.15) is 0 Å². The first-order valence-corrected chi connectivity index (χ1v) is 9.76. The Labute approximate surface area is 171 Å². The number of carbonyl (C=O) groups excluding carboxylic acids is 1. The molecule has 0 saturated heterocycles. The summed E-state index contributed by atoms with van der Waals surface area (Å²) in [4.78, 5) is 20.7. The van der Waals surface area contributed by atoms with Crippen LogP contribution in [0.3, 0.4) is 0 Å². The number of hydrogen-bond acceptors (Lipinski definition) is 4. The molecule has 0 aliphatic carbocycles. The molecule has 29 heavy (non-hydrogen) atoms. The van der Waals surface area contributed by atoms with Gasteiger partial charge in [0.05, 0.1) is 12.6 Å². The van der Waals surface area contributed by atoms with Crippen LogP contribution in [0.5, 0.6) is 0 Å². The minimum atomic E-state index is -0.312. The van der Waals surface area contributed by atoms with Gasteiger partial charge in [0.15, 0.2) is 5.96 Å². The minimum Gasteiger partial charge on any atom is -0.443 e. The van der Waals surface area contributed by atoms with Crippen LogP contribution >= 0.6 is 0 Å². The average molecular weight is 404 g/mol. The highest BCUT2D eigenvalue weighted by molar-refractivity contribution is 5.80. The first-order chi connectivity index (χ1) is 13.8. The number of aliphatic imine (C=N–C) groups is 1. The largest absolute Gasteiger partial charge is 0.443 e. The predicted octanol–water partition coefficient (Wildman–Crippen LogP) is 2.53. The number of nitrogens with zero attached hydrogens (tertiary/aromatic N) is 2. The van der Waals surface area contributed by atoms with Gasteiger partial charge < -0.3 is 20.4 Å². The van der Waals surface area contributed by atoms with Gasteiger partial charge in [0.25, 0.3) is 0 Å². The zero-order chi connectivity index (χ0) is 21.3. The van der Waals surface area contributed by atoms with Gasteiger partial charge in [-0.3, -0.25) is 4.79 Å².